The third-order valence-corrected chi connectivity index (χ3v) is 1.26. The van der Waals surface area contributed by atoms with E-state index in [1.165, 1.54) is 0 Å². The van der Waals surface area contributed by atoms with Gasteiger partial charge in [0.25, 0.3) is 0 Å². The van der Waals surface area contributed by atoms with Crippen molar-refractivity contribution in [2.75, 3.05) is 13.7 Å². The van der Waals surface area contributed by atoms with Crippen molar-refractivity contribution in [3.05, 3.63) is 12.2 Å². The van der Waals surface area contributed by atoms with Gasteiger partial charge in [0.2, 0.25) is 0 Å². The van der Waals surface area contributed by atoms with Crippen LogP contribution in [0.3, 0.4) is 0 Å². The summed E-state index contributed by atoms with van der Waals surface area (Å²) in [6.45, 7) is 0.943. The average molecular weight is 113 g/mol. The van der Waals surface area contributed by atoms with Gasteiger partial charge in [-0.1, -0.05) is 12.2 Å². The smallest absolute Gasteiger partial charge is 0.111 e. The maximum Gasteiger partial charge on any atom is 0.111 e. The molecule has 0 aromatic rings. The second-order valence-corrected chi connectivity index (χ2v) is 1.84. The van der Waals surface area contributed by atoms with E-state index in [0.717, 1.165) is 13.0 Å². The Kier molecular flexibility index (Phi) is 2.06. The van der Waals surface area contributed by atoms with Gasteiger partial charge in [0.1, 0.15) is 6.23 Å². The quantitative estimate of drug-likeness (QED) is 0.500. The topological polar surface area (TPSA) is 21.3 Å². The summed E-state index contributed by atoms with van der Waals surface area (Å²) in [5, 5.41) is 3.16. The fraction of sp³-hybridized carbons (Fsp3) is 0.667. The van der Waals surface area contributed by atoms with Crippen molar-refractivity contribution < 1.29 is 4.74 Å². The Morgan fingerprint density at radius 3 is 2.88 bits per heavy atom. The van der Waals surface area contributed by atoms with Gasteiger partial charge < -0.3 is 4.74 Å². The van der Waals surface area contributed by atoms with Crippen LogP contribution in [0, 0.1) is 0 Å². The van der Waals surface area contributed by atoms with Gasteiger partial charge in [-0.25, -0.2) is 0 Å². The van der Waals surface area contributed by atoms with Crippen LogP contribution < -0.4 is 5.32 Å². The Morgan fingerprint density at radius 2 is 2.50 bits per heavy atom. The lowest BCUT2D eigenvalue weighted by Crippen LogP contribution is -2.32. The van der Waals surface area contributed by atoms with Crippen molar-refractivity contribution >= 4 is 0 Å². The molecule has 0 saturated heterocycles. The van der Waals surface area contributed by atoms with Gasteiger partial charge in [-0.2, -0.15) is 0 Å². The summed E-state index contributed by atoms with van der Waals surface area (Å²) in [6, 6.07) is 0. The third-order valence-electron chi connectivity index (χ3n) is 1.26. The number of hydrogen-bond donors (Lipinski definition) is 1. The van der Waals surface area contributed by atoms with E-state index in [1.54, 1.807) is 7.11 Å². The predicted octanol–water partition coefficient (Wildman–Crippen LogP) is 0.508. The largest absolute Gasteiger partial charge is 0.366 e. The van der Waals surface area contributed by atoms with E-state index in [2.05, 4.69) is 17.5 Å². The molecule has 1 unspecified atom stereocenters. The second-order valence-electron chi connectivity index (χ2n) is 1.84. The summed E-state index contributed by atoms with van der Waals surface area (Å²) in [6.07, 6.45) is 5.48. The van der Waals surface area contributed by atoms with Gasteiger partial charge in [-0.15, -0.1) is 0 Å². The second kappa shape index (κ2) is 2.84. The Balaban J connectivity index is 2.27. The maximum absolute atomic E-state index is 5.03. The van der Waals surface area contributed by atoms with E-state index < -0.39 is 0 Å². The van der Waals surface area contributed by atoms with Crippen LogP contribution in [0.4, 0.5) is 0 Å². The fourth-order valence-corrected chi connectivity index (χ4v) is 0.766. The van der Waals surface area contributed by atoms with E-state index in [4.69, 9.17) is 4.74 Å². The summed E-state index contributed by atoms with van der Waals surface area (Å²) in [7, 11) is 1.72. The zero-order chi connectivity index (χ0) is 5.82. The van der Waals surface area contributed by atoms with Crippen LogP contribution >= 0.6 is 0 Å². The highest BCUT2D eigenvalue weighted by atomic mass is 16.5. The molecule has 1 aliphatic heterocycles. The zero-order valence-electron chi connectivity index (χ0n) is 5.05. The molecule has 1 rings (SSSR count). The Morgan fingerprint density at radius 1 is 1.62 bits per heavy atom. The summed E-state index contributed by atoms with van der Waals surface area (Å²) in [5.41, 5.74) is 0. The minimum absolute atomic E-state index is 0.250. The van der Waals surface area contributed by atoms with Gasteiger partial charge in [0, 0.05) is 20.1 Å². The molecule has 0 radical (unpaired) electrons. The van der Waals surface area contributed by atoms with Crippen molar-refractivity contribution in [3.63, 3.8) is 0 Å². The highest BCUT2D eigenvalue weighted by Crippen LogP contribution is 1.97. The zero-order valence-corrected chi connectivity index (χ0v) is 5.05. The molecule has 1 heterocycles. The SMILES string of the molecule is COC1CC=CCN1. The lowest BCUT2D eigenvalue weighted by atomic mass is 10.3. The lowest BCUT2D eigenvalue weighted by Gasteiger charge is -2.16. The van der Waals surface area contributed by atoms with E-state index in [9.17, 15) is 0 Å². The highest BCUT2D eigenvalue weighted by Gasteiger charge is 2.04. The Hall–Kier alpha value is -0.340. The molecule has 1 atom stereocenters. The van der Waals surface area contributed by atoms with Gasteiger partial charge in [0.05, 0.1) is 0 Å². The van der Waals surface area contributed by atoms with E-state index in [-0.39, 0.29) is 6.23 Å². The summed E-state index contributed by atoms with van der Waals surface area (Å²) in [4.78, 5) is 0. The molecule has 0 saturated carbocycles. The number of rotatable bonds is 1. The highest BCUT2D eigenvalue weighted by molar-refractivity contribution is 4.90. The molecule has 2 heteroatoms. The summed E-state index contributed by atoms with van der Waals surface area (Å²) < 4.78 is 5.03. The molecule has 1 N–H and O–H groups in total. The van der Waals surface area contributed by atoms with Crippen molar-refractivity contribution in [2.45, 2.75) is 12.6 Å². The van der Waals surface area contributed by atoms with Gasteiger partial charge in [-0.05, 0) is 0 Å². The van der Waals surface area contributed by atoms with E-state index in [0.29, 0.717) is 0 Å². The molecule has 0 amide bonds. The monoisotopic (exact) mass is 113 g/mol. The van der Waals surface area contributed by atoms with Crippen molar-refractivity contribution in [2.24, 2.45) is 0 Å². The first-order chi connectivity index (χ1) is 3.93. The lowest BCUT2D eigenvalue weighted by molar-refractivity contribution is 0.0764. The van der Waals surface area contributed by atoms with Gasteiger partial charge in [-0.3, -0.25) is 5.32 Å². The van der Waals surface area contributed by atoms with Gasteiger partial charge >= 0.3 is 0 Å². The van der Waals surface area contributed by atoms with Crippen LogP contribution in [-0.4, -0.2) is 19.9 Å². The molecule has 0 aromatic carbocycles. The maximum atomic E-state index is 5.03. The van der Waals surface area contributed by atoms with Crippen molar-refractivity contribution in [1.82, 2.24) is 5.32 Å². The molecule has 0 bridgehead atoms. The van der Waals surface area contributed by atoms with Crippen LogP contribution in [0.5, 0.6) is 0 Å². The van der Waals surface area contributed by atoms with Crippen LogP contribution in [0.2, 0.25) is 0 Å². The van der Waals surface area contributed by atoms with E-state index in [1.807, 2.05) is 0 Å². The first-order valence-corrected chi connectivity index (χ1v) is 2.84. The molecule has 1 aliphatic rings. The van der Waals surface area contributed by atoms with Crippen LogP contribution in [0.15, 0.2) is 12.2 Å². The van der Waals surface area contributed by atoms with Crippen molar-refractivity contribution in [3.8, 4) is 0 Å². The average Bonchev–Trinajstić information content (AvgIpc) is 1.90. The molecule has 46 valence electrons. The number of ether oxygens (including phenoxy) is 1. The normalized spacial score (nSPS) is 28.4. The summed E-state index contributed by atoms with van der Waals surface area (Å²) >= 11 is 0. The predicted molar refractivity (Wildman–Crippen MR) is 32.6 cm³/mol. The standard InChI is InChI=1S/C6H11NO/c1-8-6-4-2-3-5-7-6/h2-3,6-7H,4-5H2,1H3. The number of methoxy groups -OCH3 is 1. The van der Waals surface area contributed by atoms with Crippen LogP contribution in [0.1, 0.15) is 6.42 Å². The molecule has 0 spiro atoms. The first-order valence-electron chi connectivity index (χ1n) is 2.84. The minimum Gasteiger partial charge on any atom is -0.366 e. The molecular formula is C6H11NO. The molecular weight excluding hydrogens is 102 g/mol. The summed E-state index contributed by atoms with van der Waals surface area (Å²) in [5.74, 6) is 0. The Labute approximate surface area is 49.5 Å². The minimum atomic E-state index is 0.250. The number of hydrogen-bond acceptors (Lipinski definition) is 2. The molecule has 0 aliphatic carbocycles. The van der Waals surface area contributed by atoms with Gasteiger partial charge in [0.15, 0.2) is 0 Å². The molecule has 0 fully saturated rings. The first kappa shape index (κ1) is 5.79. The Bertz CT molecular complexity index is 90.5. The fourth-order valence-electron chi connectivity index (χ4n) is 0.766. The molecule has 2 nitrogen and oxygen atoms in total. The number of nitrogens with one attached hydrogen (secondary N) is 1. The third kappa shape index (κ3) is 1.32. The molecule has 0 aromatic heterocycles. The van der Waals surface area contributed by atoms with Crippen molar-refractivity contribution in [1.29, 1.82) is 0 Å². The van der Waals surface area contributed by atoms with Crippen LogP contribution in [0.25, 0.3) is 0 Å². The molecule has 8 heavy (non-hydrogen) atoms. The van der Waals surface area contributed by atoms with Crippen LogP contribution in [-0.2, 0) is 4.74 Å². The van der Waals surface area contributed by atoms with E-state index >= 15 is 0 Å².